The van der Waals surface area contributed by atoms with Gasteiger partial charge in [-0.25, -0.2) is 9.78 Å². The predicted octanol–water partition coefficient (Wildman–Crippen LogP) is 1.18. The van der Waals surface area contributed by atoms with Crippen molar-refractivity contribution in [1.82, 2.24) is 14.9 Å². The fourth-order valence-electron chi connectivity index (χ4n) is 4.45. The van der Waals surface area contributed by atoms with Crippen LogP contribution in [-0.4, -0.2) is 37.9 Å². The highest BCUT2D eigenvalue weighted by molar-refractivity contribution is 5.86. The second-order valence-electron chi connectivity index (χ2n) is 6.63. The van der Waals surface area contributed by atoms with Crippen molar-refractivity contribution in [2.45, 2.75) is 44.7 Å². The molecule has 2 saturated carbocycles. The van der Waals surface area contributed by atoms with Gasteiger partial charge in [0, 0.05) is 12.3 Å². The van der Waals surface area contributed by atoms with Gasteiger partial charge in [-0.2, -0.15) is 0 Å². The average Bonchev–Trinajstić information content (AvgIpc) is 3.20. The highest BCUT2D eigenvalue weighted by atomic mass is 16.4. The standard InChI is InChI=1S/C15H19N3O3/c19-14(10-4-8-1-2-9(10)3-8)18-6-12-11(16-7-17-12)5-13(18)15(20)21/h7-10,13H,1-6H2,(H,16,17)(H,20,21). The lowest BCUT2D eigenvalue weighted by molar-refractivity contribution is -0.154. The summed E-state index contributed by atoms with van der Waals surface area (Å²) in [6, 6.07) is -0.771. The molecular weight excluding hydrogens is 270 g/mol. The van der Waals surface area contributed by atoms with Crippen LogP contribution in [0.3, 0.4) is 0 Å². The zero-order valence-electron chi connectivity index (χ0n) is 11.8. The SMILES string of the molecule is O=C(O)C1Cc2nc[nH]c2CN1C(=O)C1CC2CCC1C2. The second-order valence-corrected chi connectivity index (χ2v) is 6.63. The van der Waals surface area contributed by atoms with Crippen molar-refractivity contribution < 1.29 is 14.7 Å². The van der Waals surface area contributed by atoms with E-state index in [2.05, 4.69) is 9.97 Å². The van der Waals surface area contributed by atoms with E-state index in [-0.39, 0.29) is 11.8 Å². The lowest BCUT2D eigenvalue weighted by Gasteiger charge is -2.36. The number of fused-ring (bicyclic) bond motifs is 3. The number of nitrogens with one attached hydrogen (secondary N) is 1. The smallest absolute Gasteiger partial charge is 0.326 e. The Hall–Kier alpha value is -1.85. The molecule has 0 aromatic carbocycles. The number of rotatable bonds is 2. The first kappa shape index (κ1) is 12.9. The van der Waals surface area contributed by atoms with Crippen LogP contribution in [0.4, 0.5) is 0 Å². The Morgan fingerprint density at radius 1 is 1.33 bits per heavy atom. The van der Waals surface area contributed by atoms with Crippen LogP contribution in [0.2, 0.25) is 0 Å². The molecule has 1 aromatic heterocycles. The lowest BCUT2D eigenvalue weighted by atomic mass is 9.86. The summed E-state index contributed by atoms with van der Waals surface area (Å²) in [6.07, 6.45) is 6.35. The minimum absolute atomic E-state index is 0.0369. The summed E-state index contributed by atoms with van der Waals surface area (Å²) in [6.45, 7) is 0.346. The summed E-state index contributed by atoms with van der Waals surface area (Å²) < 4.78 is 0. The van der Waals surface area contributed by atoms with E-state index in [1.165, 1.54) is 6.42 Å². The molecule has 6 nitrogen and oxygen atoms in total. The summed E-state index contributed by atoms with van der Waals surface area (Å²) in [7, 11) is 0. The molecule has 1 amide bonds. The molecular formula is C15H19N3O3. The van der Waals surface area contributed by atoms with Crippen molar-refractivity contribution in [2.24, 2.45) is 17.8 Å². The van der Waals surface area contributed by atoms with Crippen LogP contribution in [0.1, 0.15) is 37.1 Å². The first-order valence-corrected chi connectivity index (χ1v) is 7.68. The van der Waals surface area contributed by atoms with Crippen LogP contribution < -0.4 is 0 Å². The maximum absolute atomic E-state index is 12.9. The molecule has 2 fully saturated rings. The molecule has 112 valence electrons. The Bertz CT molecular complexity index is 597. The molecule has 1 aromatic rings. The van der Waals surface area contributed by atoms with Crippen molar-refractivity contribution in [3.8, 4) is 0 Å². The number of nitrogens with zero attached hydrogens (tertiary/aromatic N) is 2. The molecule has 4 unspecified atom stereocenters. The number of aromatic nitrogens is 2. The van der Waals surface area contributed by atoms with Crippen LogP contribution in [0.5, 0.6) is 0 Å². The number of amides is 1. The number of H-pyrrole nitrogens is 1. The first-order chi connectivity index (χ1) is 10.1. The molecule has 0 spiro atoms. The van der Waals surface area contributed by atoms with E-state index >= 15 is 0 Å². The molecule has 2 bridgehead atoms. The number of carboxylic acids is 1. The molecule has 2 aliphatic carbocycles. The van der Waals surface area contributed by atoms with Crippen molar-refractivity contribution in [2.75, 3.05) is 0 Å². The summed E-state index contributed by atoms with van der Waals surface area (Å²) >= 11 is 0. The molecule has 2 N–H and O–H groups in total. The number of hydrogen-bond acceptors (Lipinski definition) is 3. The van der Waals surface area contributed by atoms with Crippen LogP contribution in [0, 0.1) is 17.8 Å². The summed E-state index contributed by atoms with van der Waals surface area (Å²) in [5.74, 6) is 0.296. The van der Waals surface area contributed by atoms with E-state index in [9.17, 15) is 14.7 Å². The Kier molecular flexibility index (Phi) is 2.80. The molecule has 0 saturated heterocycles. The summed E-state index contributed by atoms with van der Waals surface area (Å²) in [4.78, 5) is 33.2. The molecule has 4 rings (SSSR count). The first-order valence-electron chi connectivity index (χ1n) is 7.68. The van der Waals surface area contributed by atoms with Crippen molar-refractivity contribution in [1.29, 1.82) is 0 Å². The fourth-order valence-corrected chi connectivity index (χ4v) is 4.45. The van der Waals surface area contributed by atoms with Gasteiger partial charge in [0.1, 0.15) is 6.04 Å². The van der Waals surface area contributed by atoms with Gasteiger partial charge in [-0.05, 0) is 31.1 Å². The highest BCUT2D eigenvalue weighted by Crippen LogP contribution is 2.49. The van der Waals surface area contributed by atoms with Crippen molar-refractivity contribution in [3.05, 3.63) is 17.7 Å². The highest BCUT2D eigenvalue weighted by Gasteiger charge is 2.47. The number of aliphatic carboxylic acids is 1. The minimum Gasteiger partial charge on any atom is -0.480 e. The second kappa shape index (κ2) is 4.58. The number of carbonyl (C=O) groups excluding carboxylic acids is 1. The Labute approximate surface area is 122 Å². The van der Waals surface area contributed by atoms with Gasteiger partial charge in [-0.3, -0.25) is 4.79 Å². The third kappa shape index (κ3) is 1.96. The molecule has 6 heteroatoms. The third-order valence-electron chi connectivity index (χ3n) is 5.52. The lowest BCUT2D eigenvalue weighted by Crippen LogP contribution is -2.51. The number of hydrogen-bond donors (Lipinski definition) is 2. The van der Waals surface area contributed by atoms with E-state index in [1.54, 1.807) is 11.2 Å². The van der Waals surface area contributed by atoms with Gasteiger partial charge in [0.2, 0.25) is 5.91 Å². The predicted molar refractivity (Wildman–Crippen MR) is 73.2 cm³/mol. The Balaban J connectivity index is 1.60. The van der Waals surface area contributed by atoms with Crippen molar-refractivity contribution in [3.63, 3.8) is 0 Å². The Morgan fingerprint density at radius 2 is 2.19 bits per heavy atom. The van der Waals surface area contributed by atoms with Gasteiger partial charge in [0.15, 0.2) is 0 Å². The molecule has 1 aliphatic heterocycles. The summed E-state index contributed by atoms with van der Waals surface area (Å²) in [5, 5.41) is 9.46. The Morgan fingerprint density at radius 3 is 2.86 bits per heavy atom. The van der Waals surface area contributed by atoms with Gasteiger partial charge >= 0.3 is 5.97 Å². The monoisotopic (exact) mass is 289 g/mol. The largest absolute Gasteiger partial charge is 0.480 e. The van der Waals surface area contributed by atoms with E-state index in [4.69, 9.17) is 0 Å². The number of carbonyl (C=O) groups is 2. The number of aromatic amines is 1. The van der Waals surface area contributed by atoms with Gasteiger partial charge in [0.25, 0.3) is 0 Å². The topological polar surface area (TPSA) is 86.3 Å². The van der Waals surface area contributed by atoms with E-state index in [1.807, 2.05) is 0 Å². The zero-order valence-corrected chi connectivity index (χ0v) is 11.8. The maximum Gasteiger partial charge on any atom is 0.326 e. The molecule has 0 radical (unpaired) electrons. The van der Waals surface area contributed by atoms with Gasteiger partial charge < -0.3 is 15.0 Å². The molecule has 2 heterocycles. The third-order valence-corrected chi connectivity index (χ3v) is 5.52. The van der Waals surface area contributed by atoms with Crippen LogP contribution in [0.15, 0.2) is 6.33 Å². The average molecular weight is 289 g/mol. The van der Waals surface area contributed by atoms with Crippen LogP contribution in [-0.2, 0) is 22.6 Å². The van der Waals surface area contributed by atoms with Gasteiger partial charge in [-0.1, -0.05) is 6.42 Å². The quantitative estimate of drug-likeness (QED) is 0.856. The normalized spacial score (nSPS) is 34.0. The molecule has 3 aliphatic rings. The van der Waals surface area contributed by atoms with E-state index in [0.29, 0.717) is 24.8 Å². The van der Waals surface area contributed by atoms with E-state index in [0.717, 1.165) is 30.7 Å². The maximum atomic E-state index is 12.9. The number of imidazole rings is 1. The summed E-state index contributed by atoms with van der Waals surface area (Å²) in [5.41, 5.74) is 1.66. The van der Waals surface area contributed by atoms with Crippen LogP contribution in [0.25, 0.3) is 0 Å². The minimum atomic E-state index is -0.930. The van der Waals surface area contributed by atoms with Gasteiger partial charge in [0.05, 0.1) is 24.3 Å². The fraction of sp³-hybridized carbons (Fsp3) is 0.667. The number of carboxylic acid groups (broad SMARTS) is 1. The van der Waals surface area contributed by atoms with E-state index < -0.39 is 12.0 Å². The molecule has 4 atom stereocenters. The molecule has 21 heavy (non-hydrogen) atoms. The van der Waals surface area contributed by atoms with Gasteiger partial charge in [-0.15, -0.1) is 0 Å². The van der Waals surface area contributed by atoms with Crippen molar-refractivity contribution >= 4 is 11.9 Å². The van der Waals surface area contributed by atoms with Crippen LogP contribution >= 0.6 is 0 Å². The zero-order chi connectivity index (χ0) is 14.6.